The van der Waals surface area contributed by atoms with E-state index in [9.17, 15) is 0 Å². The van der Waals surface area contributed by atoms with E-state index in [1.165, 1.54) is 19.3 Å². The fourth-order valence-electron chi connectivity index (χ4n) is 1.42. The van der Waals surface area contributed by atoms with E-state index in [1.807, 2.05) is 0 Å². The first kappa shape index (κ1) is 12.8. The van der Waals surface area contributed by atoms with Gasteiger partial charge in [0, 0.05) is 6.54 Å². The molecule has 0 aliphatic rings. The van der Waals surface area contributed by atoms with Crippen molar-refractivity contribution in [2.45, 2.75) is 32.6 Å². The minimum absolute atomic E-state index is 0.357. The van der Waals surface area contributed by atoms with E-state index in [1.54, 1.807) is 12.1 Å². The molecular weight excluding hydrogens is 222 g/mol. The van der Waals surface area contributed by atoms with Gasteiger partial charge in [-0.2, -0.15) is 5.26 Å². The van der Waals surface area contributed by atoms with Crippen molar-refractivity contribution in [1.82, 2.24) is 4.98 Å². The second-order valence-corrected chi connectivity index (χ2v) is 4.05. The monoisotopic (exact) mass is 237 g/mol. The van der Waals surface area contributed by atoms with Crippen LogP contribution in [0.3, 0.4) is 0 Å². The molecule has 1 rings (SSSR count). The maximum atomic E-state index is 8.76. The van der Waals surface area contributed by atoms with Gasteiger partial charge in [-0.05, 0) is 18.6 Å². The Morgan fingerprint density at radius 3 is 2.88 bits per heavy atom. The average Bonchev–Trinajstić information content (AvgIpc) is 2.28. The molecular formula is C12H16ClN3. The summed E-state index contributed by atoms with van der Waals surface area (Å²) in [6, 6.07) is 5.33. The third-order valence-corrected chi connectivity index (χ3v) is 2.45. The van der Waals surface area contributed by atoms with Crippen molar-refractivity contribution in [2.75, 3.05) is 11.9 Å². The van der Waals surface area contributed by atoms with Gasteiger partial charge in [0.15, 0.2) is 0 Å². The molecule has 0 amide bonds. The number of nitrogens with zero attached hydrogens (tertiary/aromatic N) is 2. The summed E-state index contributed by atoms with van der Waals surface area (Å²) in [5.74, 6) is 0.681. The van der Waals surface area contributed by atoms with Crippen LogP contribution >= 0.6 is 11.6 Å². The summed E-state index contributed by atoms with van der Waals surface area (Å²) in [4.78, 5) is 4.10. The maximum Gasteiger partial charge on any atom is 0.132 e. The average molecular weight is 238 g/mol. The molecule has 0 bridgehead atoms. The van der Waals surface area contributed by atoms with Crippen LogP contribution in [0.2, 0.25) is 5.15 Å². The number of aromatic nitrogens is 1. The molecule has 1 aromatic rings. The van der Waals surface area contributed by atoms with E-state index in [4.69, 9.17) is 16.9 Å². The predicted octanol–water partition coefficient (Wildman–Crippen LogP) is 3.60. The Labute approximate surface area is 101 Å². The van der Waals surface area contributed by atoms with Gasteiger partial charge in [0.2, 0.25) is 0 Å². The maximum absolute atomic E-state index is 8.76. The van der Waals surface area contributed by atoms with E-state index in [-0.39, 0.29) is 0 Å². The quantitative estimate of drug-likeness (QED) is 0.608. The largest absolute Gasteiger partial charge is 0.370 e. The molecule has 1 heterocycles. The highest BCUT2D eigenvalue weighted by atomic mass is 35.5. The van der Waals surface area contributed by atoms with Crippen LogP contribution in [0.25, 0.3) is 0 Å². The summed E-state index contributed by atoms with van der Waals surface area (Å²) >= 11 is 5.79. The topological polar surface area (TPSA) is 48.7 Å². The van der Waals surface area contributed by atoms with Crippen LogP contribution in [-0.4, -0.2) is 11.5 Å². The van der Waals surface area contributed by atoms with Gasteiger partial charge >= 0.3 is 0 Å². The lowest BCUT2D eigenvalue weighted by Gasteiger charge is -2.05. The molecule has 0 aromatic carbocycles. The van der Waals surface area contributed by atoms with Crippen LogP contribution < -0.4 is 5.32 Å². The lowest BCUT2D eigenvalue weighted by atomic mass is 10.2. The van der Waals surface area contributed by atoms with Crippen LogP contribution in [0.5, 0.6) is 0 Å². The van der Waals surface area contributed by atoms with Crippen molar-refractivity contribution in [1.29, 1.82) is 5.26 Å². The fraction of sp³-hybridized carbons (Fsp3) is 0.500. The molecule has 0 radical (unpaired) electrons. The number of anilines is 1. The van der Waals surface area contributed by atoms with E-state index in [0.29, 0.717) is 16.5 Å². The number of halogens is 1. The normalized spacial score (nSPS) is 9.81. The SMILES string of the molecule is CCCCCCNc1cc(C#N)cc(Cl)n1. The van der Waals surface area contributed by atoms with Crippen LogP contribution in [-0.2, 0) is 0 Å². The van der Waals surface area contributed by atoms with Gasteiger partial charge in [0.25, 0.3) is 0 Å². The number of nitrogens with one attached hydrogen (secondary N) is 1. The minimum atomic E-state index is 0.357. The Balaban J connectivity index is 2.42. The summed E-state index contributed by atoms with van der Waals surface area (Å²) in [6.07, 6.45) is 4.82. The van der Waals surface area contributed by atoms with Crippen molar-refractivity contribution in [3.8, 4) is 6.07 Å². The van der Waals surface area contributed by atoms with Gasteiger partial charge < -0.3 is 5.32 Å². The van der Waals surface area contributed by atoms with Crippen LogP contribution in [0.4, 0.5) is 5.82 Å². The molecule has 3 nitrogen and oxygen atoms in total. The number of unbranched alkanes of at least 4 members (excludes halogenated alkanes) is 3. The lowest BCUT2D eigenvalue weighted by molar-refractivity contribution is 0.684. The van der Waals surface area contributed by atoms with E-state index in [2.05, 4.69) is 23.3 Å². The molecule has 0 aliphatic heterocycles. The van der Waals surface area contributed by atoms with Gasteiger partial charge in [-0.25, -0.2) is 4.98 Å². The third kappa shape index (κ3) is 4.50. The molecule has 1 N–H and O–H groups in total. The second kappa shape index (κ2) is 7.08. The summed E-state index contributed by atoms with van der Waals surface area (Å²) in [5, 5.41) is 12.3. The first-order valence-corrected chi connectivity index (χ1v) is 5.95. The van der Waals surface area contributed by atoms with Gasteiger partial charge in [-0.3, -0.25) is 0 Å². The van der Waals surface area contributed by atoms with Crippen molar-refractivity contribution in [2.24, 2.45) is 0 Å². The second-order valence-electron chi connectivity index (χ2n) is 3.66. The van der Waals surface area contributed by atoms with Gasteiger partial charge in [-0.15, -0.1) is 0 Å². The highest BCUT2D eigenvalue weighted by Crippen LogP contribution is 2.13. The first-order valence-electron chi connectivity index (χ1n) is 5.58. The number of rotatable bonds is 6. The Morgan fingerprint density at radius 1 is 1.38 bits per heavy atom. The predicted molar refractivity (Wildman–Crippen MR) is 66.6 cm³/mol. The lowest BCUT2D eigenvalue weighted by Crippen LogP contribution is -2.03. The van der Waals surface area contributed by atoms with E-state index in [0.717, 1.165) is 13.0 Å². The zero-order valence-corrected chi connectivity index (χ0v) is 10.2. The van der Waals surface area contributed by atoms with Crippen LogP contribution in [0.1, 0.15) is 38.2 Å². The Bertz CT molecular complexity index is 371. The molecule has 4 heteroatoms. The standard InChI is InChI=1S/C12H16ClN3/c1-2-3-4-5-6-15-12-8-10(9-14)7-11(13)16-12/h7-8H,2-6H2,1H3,(H,15,16). The van der Waals surface area contributed by atoms with Crippen LogP contribution in [0.15, 0.2) is 12.1 Å². The summed E-state index contributed by atoms with van der Waals surface area (Å²) in [6.45, 7) is 3.06. The molecule has 0 spiro atoms. The summed E-state index contributed by atoms with van der Waals surface area (Å²) < 4.78 is 0. The number of hydrogen-bond donors (Lipinski definition) is 1. The fourth-order valence-corrected chi connectivity index (χ4v) is 1.63. The summed E-state index contributed by atoms with van der Waals surface area (Å²) in [7, 11) is 0. The Hall–Kier alpha value is -1.27. The van der Waals surface area contributed by atoms with Crippen LogP contribution in [0, 0.1) is 11.3 Å². The zero-order chi connectivity index (χ0) is 11.8. The smallest absolute Gasteiger partial charge is 0.132 e. The molecule has 16 heavy (non-hydrogen) atoms. The minimum Gasteiger partial charge on any atom is -0.370 e. The number of pyridine rings is 1. The van der Waals surface area contributed by atoms with Gasteiger partial charge in [0.1, 0.15) is 11.0 Å². The van der Waals surface area contributed by atoms with Crippen molar-refractivity contribution in [3.05, 3.63) is 22.8 Å². The highest BCUT2D eigenvalue weighted by molar-refractivity contribution is 6.29. The van der Waals surface area contributed by atoms with Crippen molar-refractivity contribution >= 4 is 17.4 Å². The Morgan fingerprint density at radius 2 is 2.19 bits per heavy atom. The van der Waals surface area contributed by atoms with Gasteiger partial charge in [-0.1, -0.05) is 37.8 Å². The van der Waals surface area contributed by atoms with E-state index >= 15 is 0 Å². The molecule has 86 valence electrons. The molecule has 0 unspecified atom stereocenters. The van der Waals surface area contributed by atoms with Crippen molar-refractivity contribution in [3.63, 3.8) is 0 Å². The number of hydrogen-bond acceptors (Lipinski definition) is 3. The first-order chi connectivity index (χ1) is 7.76. The van der Waals surface area contributed by atoms with E-state index < -0.39 is 0 Å². The molecule has 0 atom stereocenters. The zero-order valence-electron chi connectivity index (χ0n) is 9.46. The van der Waals surface area contributed by atoms with Crippen molar-refractivity contribution < 1.29 is 0 Å². The van der Waals surface area contributed by atoms with Gasteiger partial charge in [0.05, 0.1) is 11.6 Å². The Kier molecular flexibility index (Phi) is 5.66. The molecule has 0 fully saturated rings. The molecule has 0 aliphatic carbocycles. The highest BCUT2D eigenvalue weighted by Gasteiger charge is 1.99. The molecule has 0 saturated carbocycles. The third-order valence-electron chi connectivity index (χ3n) is 2.26. The number of nitriles is 1. The molecule has 1 aromatic heterocycles. The molecule has 0 saturated heterocycles. The summed E-state index contributed by atoms with van der Waals surface area (Å²) in [5.41, 5.74) is 0.538.